The molecule has 0 saturated heterocycles. The van der Waals surface area contributed by atoms with E-state index in [4.69, 9.17) is 25.6 Å². The van der Waals surface area contributed by atoms with Crippen molar-refractivity contribution in [1.82, 2.24) is 10.1 Å². The summed E-state index contributed by atoms with van der Waals surface area (Å²) in [5.74, 6) is -0.650. The van der Waals surface area contributed by atoms with Crippen LogP contribution in [0.2, 0.25) is 5.02 Å². The number of alkyl halides is 2. The van der Waals surface area contributed by atoms with Gasteiger partial charge in [-0.15, -0.1) is 0 Å². The number of benzene rings is 2. The van der Waals surface area contributed by atoms with Gasteiger partial charge in [-0.25, -0.2) is 4.79 Å². The summed E-state index contributed by atoms with van der Waals surface area (Å²) in [6.07, 6.45) is 0. The largest absolute Gasteiger partial charge is 0.493 e. The Balaban J connectivity index is 1.67. The van der Waals surface area contributed by atoms with Crippen molar-refractivity contribution in [2.24, 2.45) is 0 Å². The van der Waals surface area contributed by atoms with E-state index in [1.165, 1.54) is 25.3 Å². The first kappa shape index (κ1) is 19.6. The Morgan fingerprint density at radius 3 is 2.71 bits per heavy atom. The third kappa shape index (κ3) is 4.55. The van der Waals surface area contributed by atoms with Crippen LogP contribution in [0, 0.1) is 0 Å². The van der Waals surface area contributed by atoms with Crippen molar-refractivity contribution in [2.75, 3.05) is 7.11 Å². The van der Waals surface area contributed by atoms with Gasteiger partial charge in [0.25, 0.3) is 5.89 Å². The van der Waals surface area contributed by atoms with Gasteiger partial charge < -0.3 is 18.7 Å². The number of rotatable bonds is 7. The fourth-order valence-electron chi connectivity index (χ4n) is 2.26. The van der Waals surface area contributed by atoms with Crippen LogP contribution in [0.5, 0.6) is 11.5 Å². The molecule has 0 aliphatic heterocycles. The Morgan fingerprint density at radius 2 is 2.00 bits per heavy atom. The topological polar surface area (TPSA) is 83.7 Å². The molecule has 1 aromatic heterocycles. The third-order valence-corrected chi connectivity index (χ3v) is 3.85. The number of hydrogen-bond donors (Lipinski definition) is 0. The maximum atomic E-state index is 12.4. The highest BCUT2D eigenvalue weighted by Crippen LogP contribution is 2.30. The summed E-state index contributed by atoms with van der Waals surface area (Å²) in [5, 5.41) is 4.24. The Kier molecular flexibility index (Phi) is 6.05. The number of hydrogen-bond acceptors (Lipinski definition) is 7. The lowest BCUT2D eigenvalue weighted by atomic mass is 10.2. The van der Waals surface area contributed by atoms with Crippen molar-refractivity contribution in [3.05, 3.63) is 58.9 Å². The first-order chi connectivity index (χ1) is 13.5. The highest BCUT2D eigenvalue weighted by Gasteiger charge is 2.17. The lowest BCUT2D eigenvalue weighted by Crippen LogP contribution is -2.07. The number of esters is 1. The van der Waals surface area contributed by atoms with Crippen molar-refractivity contribution < 1.29 is 32.3 Å². The zero-order valence-electron chi connectivity index (χ0n) is 14.4. The zero-order chi connectivity index (χ0) is 20.1. The Morgan fingerprint density at radius 1 is 1.21 bits per heavy atom. The minimum atomic E-state index is -3.02. The van der Waals surface area contributed by atoms with Gasteiger partial charge in [-0.05, 0) is 30.3 Å². The first-order valence-electron chi connectivity index (χ1n) is 7.85. The standard InChI is InChI=1S/C18H13ClF2N2O5/c1-25-14-8-10(6-7-13(14)27-18(20)21)17(24)26-9-15-22-16(23-28-15)11-4-2-3-5-12(11)19/h2-8,18H,9H2,1H3. The number of halogens is 3. The molecule has 3 rings (SSSR count). The van der Waals surface area contributed by atoms with Crippen LogP contribution in [0.4, 0.5) is 8.78 Å². The molecule has 0 spiro atoms. The van der Waals surface area contributed by atoms with Crippen LogP contribution in [-0.2, 0) is 11.3 Å². The number of ether oxygens (including phenoxy) is 3. The molecule has 0 radical (unpaired) electrons. The van der Waals surface area contributed by atoms with Gasteiger partial charge in [0.15, 0.2) is 18.1 Å². The maximum Gasteiger partial charge on any atom is 0.387 e. The van der Waals surface area contributed by atoms with E-state index in [2.05, 4.69) is 14.9 Å². The van der Waals surface area contributed by atoms with Crippen molar-refractivity contribution in [1.29, 1.82) is 0 Å². The molecule has 7 nitrogen and oxygen atoms in total. The molecule has 0 aliphatic carbocycles. The van der Waals surface area contributed by atoms with Crippen LogP contribution >= 0.6 is 11.6 Å². The van der Waals surface area contributed by atoms with Crippen LogP contribution in [-0.4, -0.2) is 29.8 Å². The van der Waals surface area contributed by atoms with Gasteiger partial charge in [0.05, 0.1) is 17.7 Å². The van der Waals surface area contributed by atoms with E-state index in [1.807, 2.05) is 0 Å². The van der Waals surface area contributed by atoms with Gasteiger partial charge >= 0.3 is 12.6 Å². The third-order valence-electron chi connectivity index (χ3n) is 3.52. The van der Waals surface area contributed by atoms with Gasteiger partial charge in [-0.2, -0.15) is 13.8 Å². The maximum absolute atomic E-state index is 12.4. The highest BCUT2D eigenvalue weighted by molar-refractivity contribution is 6.33. The van der Waals surface area contributed by atoms with E-state index in [0.29, 0.717) is 10.6 Å². The van der Waals surface area contributed by atoms with Crippen molar-refractivity contribution in [2.45, 2.75) is 13.2 Å². The Hall–Kier alpha value is -3.20. The SMILES string of the molecule is COc1cc(C(=O)OCc2nc(-c3ccccc3Cl)no2)ccc1OC(F)F. The van der Waals surface area contributed by atoms with Crippen molar-refractivity contribution >= 4 is 17.6 Å². The van der Waals surface area contributed by atoms with E-state index < -0.39 is 12.6 Å². The van der Waals surface area contributed by atoms with Crippen LogP contribution < -0.4 is 9.47 Å². The molecule has 0 atom stereocenters. The van der Waals surface area contributed by atoms with Crippen molar-refractivity contribution in [3.63, 3.8) is 0 Å². The van der Waals surface area contributed by atoms with E-state index >= 15 is 0 Å². The molecule has 0 fully saturated rings. The zero-order valence-corrected chi connectivity index (χ0v) is 15.2. The minimum absolute atomic E-state index is 0.0338. The predicted molar refractivity (Wildman–Crippen MR) is 93.5 cm³/mol. The molecular weight excluding hydrogens is 398 g/mol. The number of methoxy groups -OCH3 is 1. The summed E-state index contributed by atoms with van der Waals surface area (Å²) in [7, 11) is 1.26. The summed E-state index contributed by atoms with van der Waals surface area (Å²) >= 11 is 6.07. The molecule has 2 aromatic carbocycles. The molecule has 0 unspecified atom stereocenters. The molecule has 146 valence electrons. The lowest BCUT2D eigenvalue weighted by Gasteiger charge is -2.10. The normalized spacial score (nSPS) is 10.8. The smallest absolute Gasteiger partial charge is 0.387 e. The van der Waals surface area contributed by atoms with Crippen LogP contribution in [0.1, 0.15) is 16.2 Å². The van der Waals surface area contributed by atoms with Gasteiger partial charge in [0.1, 0.15) is 0 Å². The van der Waals surface area contributed by atoms with Crippen LogP contribution in [0.15, 0.2) is 47.0 Å². The van der Waals surface area contributed by atoms with Gasteiger partial charge in [0, 0.05) is 5.56 Å². The fourth-order valence-corrected chi connectivity index (χ4v) is 2.48. The number of aromatic nitrogens is 2. The predicted octanol–water partition coefficient (Wildman–Crippen LogP) is 4.36. The lowest BCUT2D eigenvalue weighted by molar-refractivity contribution is -0.0512. The van der Waals surface area contributed by atoms with Crippen molar-refractivity contribution in [3.8, 4) is 22.9 Å². The van der Waals surface area contributed by atoms with Gasteiger partial charge in [0.2, 0.25) is 5.82 Å². The minimum Gasteiger partial charge on any atom is -0.493 e. The fraction of sp³-hybridized carbons (Fsp3) is 0.167. The molecule has 0 amide bonds. The van der Waals surface area contributed by atoms with E-state index in [1.54, 1.807) is 24.3 Å². The van der Waals surface area contributed by atoms with Crippen LogP contribution in [0.3, 0.4) is 0 Å². The molecule has 1 heterocycles. The number of nitrogens with zero attached hydrogens (tertiary/aromatic N) is 2. The molecule has 0 N–H and O–H groups in total. The molecule has 0 aliphatic rings. The average Bonchev–Trinajstić information content (AvgIpc) is 3.15. The summed E-state index contributed by atoms with van der Waals surface area (Å²) in [5.41, 5.74) is 0.647. The monoisotopic (exact) mass is 410 g/mol. The quantitative estimate of drug-likeness (QED) is 0.535. The van der Waals surface area contributed by atoms with E-state index in [0.717, 1.165) is 0 Å². The molecular formula is C18H13ClF2N2O5. The summed E-state index contributed by atoms with van der Waals surface area (Å²) < 4.78 is 44.1. The highest BCUT2D eigenvalue weighted by atomic mass is 35.5. The molecule has 28 heavy (non-hydrogen) atoms. The Bertz CT molecular complexity index is 980. The summed E-state index contributed by atoms with van der Waals surface area (Å²) in [4.78, 5) is 16.3. The molecule has 3 aromatic rings. The second-order valence-corrected chi connectivity index (χ2v) is 5.72. The summed E-state index contributed by atoms with van der Waals surface area (Å²) in [6.45, 7) is -3.30. The Labute approximate surface area is 162 Å². The number of carbonyl (C=O) groups is 1. The number of carbonyl (C=O) groups excluding carboxylic acids is 1. The molecule has 0 bridgehead atoms. The van der Waals surface area contributed by atoms with Crippen LogP contribution in [0.25, 0.3) is 11.4 Å². The second-order valence-electron chi connectivity index (χ2n) is 5.31. The van der Waals surface area contributed by atoms with E-state index in [9.17, 15) is 13.6 Å². The van der Waals surface area contributed by atoms with Gasteiger partial charge in [-0.3, -0.25) is 0 Å². The van der Waals surface area contributed by atoms with E-state index in [-0.39, 0.29) is 35.4 Å². The second kappa shape index (κ2) is 8.66. The molecule has 0 saturated carbocycles. The summed E-state index contributed by atoms with van der Waals surface area (Å²) in [6, 6.07) is 10.6. The van der Waals surface area contributed by atoms with Gasteiger partial charge in [-0.1, -0.05) is 28.9 Å². The first-order valence-corrected chi connectivity index (χ1v) is 8.23. The molecule has 10 heteroatoms. The average molecular weight is 411 g/mol.